The molecule has 0 aliphatic rings. The molecule has 0 heterocycles. The number of hydrogen-bond acceptors (Lipinski definition) is 4. The molecule has 19 heavy (non-hydrogen) atoms. The van der Waals surface area contributed by atoms with Crippen molar-refractivity contribution < 1.29 is 9.53 Å². The molecule has 2 rings (SSSR count). The van der Waals surface area contributed by atoms with E-state index in [4.69, 9.17) is 5.73 Å². The van der Waals surface area contributed by atoms with Gasteiger partial charge < -0.3 is 15.8 Å². The molecule has 0 radical (unpaired) electrons. The van der Waals surface area contributed by atoms with Gasteiger partial charge in [-0.3, -0.25) is 0 Å². The van der Waals surface area contributed by atoms with E-state index in [0.717, 1.165) is 11.3 Å². The highest BCUT2D eigenvalue weighted by Crippen LogP contribution is 2.23. The Balaban J connectivity index is 2.15. The second kappa shape index (κ2) is 5.91. The molecule has 4 heteroatoms. The summed E-state index contributed by atoms with van der Waals surface area (Å²) >= 11 is 0. The van der Waals surface area contributed by atoms with Crippen molar-refractivity contribution in [3.8, 4) is 0 Å². The SMILES string of the molecule is COC(=O)c1cccc(NCc2ccccc2)c1N. The largest absolute Gasteiger partial charge is 0.465 e. The Kier molecular flexibility index (Phi) is 4.03. The van der Waals surface area contributed by atoms with Crippen LogP contribution in [0.3, 0.4) is 0 Å². The Morgan fingerprint density at radius 2 is 1.89 bits per heavy atom. The number of esters is 1. The fourth-order valence-corrected chi connectivity index (χ4v) is 1.80. The lowest BCUT2D eigenvalue weighted by molar-refractivity contribution is 0.0602. The number of carbonyl (C=O) groups excluding carboxylic acids is 1. The highest BCUT2D eigenvalue weighted by molar-refractivity contribution is 5.98. The molecule has 0 aliphatic heterocycles. The molecule has 0 bridgehead atoms. The van der Waals surface area contributed by atoms with Crippen molar-refractivity contribution in [2.45, 2.75) is 6.54 Å². The summed E-state index contributed by atoms with van der Waals surface area (Å²) < 4.78 is 4.69. The van der Waals surface area contributed by atoms with Crippen molar-refractivity contribution in [1.82, 2.24) is 0 Å². The molecule has 0 atom stereocenters. The first-order valence-corrected chi connectivity index (χ1v) is 5.97. The number of para-hydroxylation sites is 1. The molecule has 4 nitrogen and oxygen atoms in total. The zero-order valence-electron chi connectivity index (χ0n) is 10.7. The number of nitrogen functional groups attached to an aromatic ring is 1. The number of ether oxygens (including phenoxy) is 1. The fourth-order valence-electron chi connectivity index (χ4n) is 1.80. The van der Waals surface area contributed by atoms with Gasteiger partial charge in [0.2, 0.25) is 0 Å². The molecule has 0 aliphatic carbocycles. The molecule has 0 aromatic heterocycles. The summed E-state index contributed by atoms with van der Waals surface area (Å²) in [7, 11) is 1.34. The monoisotopic (exact) mass is 256 g/mol. The van der Waals surface area contributed by atoms with Crippen molar-refractivity contribution in [3.63, 3.8) is 0 Å². The Labute approximate surface area is 112 Å². The second-order valence-corrected chi connectivity index (χ2v) is 4.10. The van der Waals surface area contributed by atoms with E-state index in [1.807, 2.05) is 36.4 Å². The third-order valence-corrected chi connectivity index (χ3v) is 2.84. The van der Waals surface area contributed by atoms with Crippen molar-refractivity contribution in [1.29, 1.82) is 0 Å². The Hall–Kier alpha value is -2.49. The lowest BCUT2D eigenvalue weighted by Crippen LogP contribution is -2.09. The first-order chi connectivity index (χ1) is 9.22. The van der Waals surface area contributed by atoms with E-state index in [-0.39, 0.29) is 0 Å². The van der Waals surface area contributed by atoms with Gasteiger partial charge in [-0.1, -0.05) is 36.4 Å². The summed E-state index contributed by atoms with van der Waals surface area (Å²) in [6.45, 7) is 0.648. The van der Waals surface area contributed by atoms with Crippen LogP contribution in [0, 0.1) is 0 Å². The van der Waals surface area contributed by atoms with Gasteiger partial charge in [0, 0.05) is 6.54 Å². The number of benzene rings is 2. The fraction of sp³-hybridized carbons (Fsp3) is 0.133. The summed E-state index contributed by atoms with van der Waals surface area (Å²) in [6.07, 6.45) is 0. The van der Waals surface area contributed by atoms with Crippen molar-refractivity contribution in [2.75, 3.05) is 18.2 Å². The average Bonchev–Trinajstić information content (AvgIpc) is 2.46. The van der Waals surface area contributed by atoms with Gasteiger partial charge in [-0.05, 0) is 17.7 Å². The number of carbonyl (C=O) groups is 1. The van der Waals surface area contributed by atoms with Crippen LogP contribution in [-0.2, 0) is 11.3 Å². The summed E-state index contributed by atoms with van der Waals surface area (Å²) in [5, 5.41) is 3.22. The number of rotatable bonds is 4. The van der Waals surface area contributed by atoms with Crippen LogP contribution in [0.4, 0.5) is 11.4 Å². The molecule has 0 fully saturated rings. The van der Waals surface area contributed by atoms with Gasteiger partial charge in [-0.2, -0.15) is 0 Å². The van der Waals surface area contributed by atoms with Gasteiger partial charge in [-0.15, -0.1) is 0 Å². The van der Waals surface area contributed by atoms with Crippen LogP contribution in [0.15, 0.2) is 48.5 Å². The highest BCUT2D eigenvalue weighted by Gasteiger charge is 2.12. The van der Waals surface area contributed by atoms with E-state index in [1.165, 1.54) is 7.11 Å². The highest BCUT2D eigenvalue weighted by atomic mass is 16.5. The van der Waals surface area contributed by atoms with Crippen molar-refractivity contribution in [2.24, 2.45) is 0 Å². The maximum atomic E-state index is 11.5. The predicted octanol–water partition coefficient (Wildman–Crippen LogP) is 2.67. The molecule has 2 aromatic rings. The van der Waals surface area contributed by atoms with E-state index in [2.05, 4.69) is 10.1 Å². The topological polar surface area (TPSA) is 64.3 Å². The number of anilines is 2. The molecule has 98 valence electrons. The molecule has 0 spiro atoms. The van der Waals surface area contributed by atoms with Gasteiger partial charge in [0.15, 0.2) is 0 Å². The molecule has 0 saturated carbocycles. The minimum Gasteiger partial charge on any atom is -0.465 e. The number of nitrogens with two attached hydrogens (primary N) is 1. The van der Waals surface area contributed by atoms with Crippen LogP contribution in [0.2, 0.25) is 0 Å². The molecule has 0 saturated heterocycles. The van der Waals surface area contributed by atoms with E-state index in [9.17, 15) is 4.79 Å². The molecule has 3 N–H and O–H groups in total. The molecule has 0 amide bonds. The minimum absolute atomic E-state index is 0.376. The smallest absolute Gasteiger partial charge is 0.340 e. The summed E-state index contributed by atoms with van der Waals surface area (Å²) in [6, 6.07) is 15.2. The quantitative estimate of drug-likeness (QED) is 0.652. The van der Waals surface area contributed by atoms with E-state index in [0.29, 0.717) is 17.8 Å². The second-order valence-electron chi connectivity index (χ2n) is 4.10. The lowest BCUT2D eigenvalue weighted by Gasteiger charge is -2.12. The Morgan fingerprint density at radius 3 is 2.58 bits per heavy atom. The average molecular weight is 256 g/mol. The zero-order chi connectivity index (χ0) is 13.7. The predicted molar refractivity (Wildman–Crippen MR) is 76.0 cm³/mol. The number of nitrogens with one attached hydrogen (secondary N) is 1. The molecule has 0 unspecified atom stereocenters. The Bertz CT molecular complexity index is 568. The summed E-state index contributed by atoms with van der Waals surface area (Å²) in [5.41, 5.74) is 8.62. The zero-order valence-corrected chi connectivity index (χ0v) is 10.7. The van der Waals surface area contributed by atoms with Crippen molar-refractivity contribution >= 4 is 17.3 Å². The van der Waals surface area contributed by atoms with Gasteiger partial charge in [-0.25, -0.2) is 4.79 Å². The van der Waals surface area contributed by atoms with E-state index < -0.39 is 5.97 Å². The lowest BCUT2D eigenvalue weighted by atomic mass is 10.1. The first kappa shape index (κ1) is 13.0. The molecular weight excluding hydrogens is 240 g/mol. The maximum absolute atomic E-state index is 11.5. The van der Waals surface area contributed by atoms with Crippen LogP contribution < -0.4 is 11.1 Å². The van der Waals surface area contributed by atoms with Crippen molar-refractivity contribution in [3.05, 3.63) is 59.7 Å². The van der Waals surface area contributed by atoms with Gasteiger partial charge >= 0.3 is 5.97 Å². The standard InChI is InChI=1S/C15H16N2O2/c1-19-15(18)12-8-5-9-13(14(12)16)17-10-11-6-3-2-4-7-11/h2-9,17H,10,16H2,1H3. The minimum atomic E-state index is -0.430. The third-order valence-electron chi connectivity index (χ3n) is 2.84. The molecular formula is C15H16N2O2. The van der Waals surface area contributed by atoms with Crippen LogP contribution in [0.5, 0.6) is 0 Å². The van der Waals surface area contributed by atoms with Crippen LogP contribution in [-0.4, -0.2) is 13.1 Å². The third kappa shape index (κ3) is 3.04. The Morgan fingerprint density at radius 1 is 1.16 bits per heavy atom. The van der Waals surface area contributed by atoms with Crippen LogP contribution in [0.25, 0.3) is 0 Å². The van der Waals surface area contributed by atoms with Crippen LogP contribution >= 0.6 is 0 Å². The molecule has 2 aromatic carbocycles. The number of hydrogen-bond donors (Lipinski definition) is 2. The van der Waals surface area contributed by atoms with Crippen LogP contribution in [0.1, 0.15) is 15.9 Å². The van der Waals surface area contributed by atoms with E-state index in [1.54, 1.807) is 12.1 Å². The summed E-state index contributed by atoms with van der Waals surface area (Å²) in [5.74, 6) is -0.430. The van der Waals surface area contributed by atoms with Gasteiger partial charge in [0.25, 0.3) is 0 Å². The summed E-state index contributed by atoms with van der Waals surface area (Å²) in [4.78, 5) is 11.5. The van der Waals surface area contributed by atoms with Gasteiger partial charge in [0.1, 0.15) is 0 Å². The normalized spacial score (nSPS) is 9.95. The first-order valence-electron chi connectivity index (χ1n) is 5.97. The maximum Gasteiger partial charge on any atom is 0.340 e. The number of methoxy groups -OCH3 is 1. The van der Waals surface area contributed by atoms with Gasteiger partial charge in [0.05, 0.1) is 24.0 Å². The van der Waals surface area contributed by atoms with E-state index >= 15 is 0 Å².